The number of amides is 2. The summed E-state index contributed by atoms with van der Waals surface area (Å²) in [7, 11) is 3.46. The van der Waals surface area contributed by atoms with Gasteiger partial charge in [0.15, 0.2) is 0 Å². The fraction of sp³-hybridized carbons (Fsp3) is 0.857. The van der Waals surface area contributed by atoms with E-state index < -0.39 is 0 Å². The monoisotopic (exact) mass is 269 g/mol. The van der Waals surface area contributed by atoms with Crippen molar-refractivity contribution in [2.45, 2.75) is 39.0 Å². The largest absolute Gasteiger partial charge is 0.355 e. The van der Waals surface area contributed by atoms with E-state index in [1.807, 2.05) is 0 Å². The first kappa shape index (κ1) is 16.0. The van der Waals surface area contributed by atoms with Crippen molar-refractivity contribution in [3.05, 3.63) is 0 Å². The first-order valence-corrected chi connectivity index (χ1v) is 7.21. The summed E-state index contributed by atoms with van der Waals surface area (Å²) < 4.78 is 0. The molecule has 0 aromatic rings. The molecule has 0 aromatic heterocycles. The van der Waals surface area contributed by atoms with Crippen LogP contribution >= 0.6 is 0 Å². The fourth-order valence-corrected chi connectivity index (χ4v) is 2.67. The van der Waals surface area contributed by atoms with E-state index in [1.54, 1.807) is 19.0 Å². The third kappa shape index (κ3) is 4.49. The molecule has 0 atom stereocenters. The van der Waals surface area contributed by atoms with Crippen molar-refractivity contribution in [1.82, 2.24) is 15.5 Å². The van der Waals surface area contributed by atoms with E-state index in [0.29, 0.717) is 13.0 Å². The summed E-state index contributed by atoms with van der Waals surface area (Å²) in [5, 5.41) is 6.25. The Morgan fingerprint density at radius 1 is 1.26 bits per heavy atom. The molecule has 2 N–H and O–H groups in total. The first-order chi connectivity index (χ1) is 9.02. The molecule has 0 unspecified atom stereocenters. The average molecular weight is 269 g/mol. The molecule has 5 nitrogen and oxygen atoms in total. The van der Waals surface area contributed by atoms with Gasteiger partial charge in [0.25, 0.3) is 0 Å². The lowest BCUT2D eigenvalue weighted by molar-refractivity contribution is -0.133. The Balaban J connectivity index is 2.46. The van der Waals surface area contributed by atoms with Crippen molar-refractivity contribution in [2.24, 2.45) is 5.41 Å². The molecule has 110 valence electrons. The van der Waals surface area contributed by atoms with Crippen LogP contribution in [-0.2, 0) is 9.59 Å². The molecule has 19 heavy (non-hydrogen) atoms. The van der Waals surface area contributed by atoms with Crippen molar-refractivity contribution in [2.75, 3.05) is 33.7 Å². The quantitative estimate of drug-likeness (QED) is 0.748. The molecule has 0 saturated carbocycles. The normalized spacial score (nSPS) is 17.8. The summed E-state index contributed by atoms with van der Waals surface area (Å²) in [6.07, 6.45) is 4.12. The molecule has 0 radical (unpaired) electrons. The molecule has 1 aliphatic rings. The van der Waals surface area contributed by atoms with E-state index in [1.165, 1.54) is 0 Å². The third-order valence-corrected chi connectivity index (χ3v) is 3.89. The number of hydrogen-bond donors (Lipinski definition) is 2. The van der Waals surface area contributed by atoms with Gasteiger partial charge in [-0.2, -0.15) is 0 Å². The minimum absolute atomic E-state index is 0.0511. The molecule has 0 aromatic carbocycles. The van der Waals surface area contributed by atoms with Crippen molar-refractivity contribution in [1.29, 1.82) is 0 Å². The highest BCUT2D eigenvalue weighted by Crippen LogP contribution is 2.34. The Labute approximate surface area is 116 Å². The van der Waals surface area contributed by atoms with Gasteiger partial charge in [0.2, 0.25) is 11.8 Å². The van der Waals surface area contributed by atoms with Gasteiger partial charge in [-0.15, -0.1) is 0 Å². The molecular formula is C14H27N3O2. The predicted molar refractivity (Wildman–Crippen MR) is 75.8 cm³/mol. The number of carbonyl (C=O) groups is 2. The second-order valence-corrected chi connectivity index (χ2v) is 5.57. The lowest BCUT2D eigenvalue weighted by Crippen LogP contribution is -2.48. The molecule has 0 spiro atoms. The third-order valence-electron chi connectivity index (χ3n) is 3.89. The minimum Gasteiger partial charge on any atom is -0.355 e. The van der Waals surface area contributed by atoms with Crippen molar-refractivity contribution < 1.29 is 9.59 Å². The van der Waals surface area contributed by atoms with Crippen LogP contribution in [0.4, 0.5) is 0 Å². The maximum atomic E-state index is 12.4. The highest BCUT2D eigenvalue weighted by Gasteiger charge is 2.38. The number of nitrogens with zero attached hydrogens (tertiary/aromatic N) is 1. The second-order valence-electron chi connectivity index (χ2n) is 5.57. The highest BCUT2D eigenvalue weighted by molar-refractivity contribution is 5.83. The first-order valence-electron chi connectivity index (χ1n) is 7.21. The van der Waals surface area contributed by atoms with Crippen LogP contribution < -0.4 is 10.6 Å². The highest BCUT2D eigenvalue weighted by atomic mass is 16.2. The second kappa shape index (κ2) is 7.48. The number of nitrogens with one attached hydrogen (secondary N) is 2. The molecule has 0 aliphatic carbocycles. The Morgan fingerprint density at radius 3 is 2.42 bits per heavy atom. The van der Waals surface area contributed by atoms with Crippen molar-refractivity contribution >= 4 is 11.8 Å². The zero-order chi connectivity index (χ0) is 14.3. The lowest BCUT2D eigenvalue weighted by atomic mass is 9.74. The average Bonchev–Trinajstić information content (AvgIpc) is 2.39. The van der Waals surface area contributed by atoms with Gasteiger partial charge < -0.3 is 15.5 Å². The standard InChI is InChI=1S/C14H27N3O2/c1-4-6-14(7-10-15-11-8-14)13(19)16-9-5-12(18)17(2)3/h15H,4-11H2,1-3H3,(H,16,19). The summed E-state index contributed by atoms with van der Waals surface area (Å²) in [4.78, 5) is 25.4. The summed E-state index contributed by atoms with van der Waals surface area (Å²) in [5.74, 6) is 0.178. The van der Waals surface area contributed by atoms with E-state index in [-0.39, 0.29) is 17.2 Å². The molecule has 1 heterocycles. The summed E-state index contributed by atoms with van der Waals surface area (Å²) in [6.45, 7) is 4.37. The molecule has 1 rings (SSSR count). The zero-order valence-electron chi connectivity index (χ0n) is 12.4. The number of rotatable bonds is 6. The van der Waals surface area contributed by atoms with Gasteiger partial charge in [-0.05, 0) is 32.4 Å². The van der Waals surface area contributed by atoms with E-state index in [2.05, 4.69) is 17.6 Å². The van der Waals surface area contributed by atoms with Crippen molar-refractivity contribution in [3.8, 4) is 0 Å². The van der Waals surface area contributed by atoms with E-state index >= 15 is 0 Å². The topological polar surface area (TPSA) is 61.4 Å². The molecule has 0 bridgehead atoms. The molecular weight excluding hydrogens is 242 g/mol. The van der Waals surface area contributed by atoms with Gasteiger partial charge in [-0.3, -0.25) is 9.59 Å². The SMILES string of the molecule is CCCC1(C(=O)NCCC(=O)N(C)C)CCNCC1. The smallest absolute Gasteiger partial charge is 0.226 e. The van der Waals surface area contributed by atoms with Crippen LogP contribution in [0.5, 0.6) is 0 Å². The maximum absolute atomic E-state index is 12.4. The van der Waals surface area contributed by atoms with Crippen LogP contribution in [0.15, 0.2) is 0 Å². The summed E-state index contributed by atoms with van der Waals surface area (Å²) in [6, 6.07) is 0. The minimum atomic E-state index is -0.221. The van der Waals surface area contributed by atoms with Crippen LogP contribution in [0.25, 0.3) is 0 Å². The summed E-state index contributed by atoms with van der Waals surface area (Å²) in [5.41, 5.74) is -0.221. The lowest BCUT2D eigenvalue weighted by Gasteiger charge is -2.36. The van der Waals surface area contributed by atoms with Gasteiger partial charge in [0.1, 0.15) is 0 Å². The van der Waals surface area contributed by atoms with Crippen LogP contribution in [0.2, 0.25) is 0 Å². The molecule has 1 fully saturated rings. The Hall–Kier alpha value is -1.10. The Bertz CT molecular complexity index is 304. The van der Waals surface area contributed by atoms with Crippen LogP contribution in [0.3, 0.4) is 0 Å². The van der Waals surface area contributed by atoms with Crippen LogP contribution in [0, 0.1) is 5.41 Å². The molecule has 2 amide bonds. The fourth-order valence-electron chi connectivity index (χ4n) is 2.67. The summed E-state index contributed by atoms with van der Waals surface area (Å²) >= 11 is 0. The maximum Gasteiger partial charge on any atom is 0.226 e. The Kier molecular flexibility index (Phi) is 6.28. The molecule has 1 saturated heterocycles. The number of carbonyl (C=O) groups excluding carboxylic acids is 2. The van der Waals surface area contributed by atoms with Gasteiger partial charge in [-0.1, -0.05) is 13.3 Å². The van der Waals surface area contributed by atoms with E-state index in [0.717, 1.165) is 38.8 Å². The van der Waals surface area contributed by atoms with Gasteiger partial charge in [-0.25, -0.2) is 0 Å². The molecule has 1 aliphatic heterocycles. The predicted octanol–water partition coefficient (Wildman–Crippen LogP) is 0.751. The van der Waals surface area contributed by atoms with Gasteiger partial charge in [0, 0.05) is 27.1 Å². The van der Waals surface area contributed by atoms with E-state index in [4.69, 9.17) is 0 Å². The van der Waals surface area contributed by atoms with Gasteiger partial charge >= 0.3 is 0 Å². The van der Waals surface area contributed by atoms with Crippen LogP contribution in [-0.4, -0.2) is 50.4 Å². The number of hydrogen-bond acceptors (Lipinski definition) is 3. The zero-order valence-corrected chi connectivity index (χ0v) is 12.4. The number of piperidine rings is 1. The van der Waals surface area contributed by atoms with Crippen molar-refractivity contribution in [3.63, 3.8) is 0 Å². The van der Waals surface area contributed by atoms with E-state index in [9.17, 15) is 9.59 Å². The van der Waals surface area contributed by atoms with Gasteiger partial charge in [0.05, 0.1) is 5.41 Å². The molecule has 5 heteroatoms. The Morgan fingerprint density at radius 2 is 1.89 bits per heavy atom. The van der Waals surface area contributed by atoms with Crippen LogP contribution in [0.1, 0.15) is 39.0 Å².